The van der Waals surface area contributed by atoms with Crippen LogP contribution in [0.15, 0.2) is 170 Å². The van der Waals surface area contributed by atoms with E-state index in [2.05, 4.69) is 144 Å². The summed E-state index contributed by atoms with van der Waals surface area (Å²) >= 11 is 0. The molecule has 0 bridgehead atoms. The van der Waals surface area contributed by atoms with Gasteiger partial charge in [-0.1, -0.05) is 121 Å². The summed E-state index contributed by atoms with van der Waals surface area (Å²) in [5.74, 6) is 0. The molecule has 188 valence electrons. The van der Waals surface area contributed by atoms with Gasteiger partial charge in [0.15, 0.2) is 0 Å². The van der Waals surface area contributed by atoms with Crippen molar-refractivity contribution in [1.29, 1.82) is 0 Å². The van der Waals surface area contributed by atoms with E-state index >= 15 is 0 Å². The molecule has 0 aliphatic carbocycles. The Morgan fingerprint density at radius 2 is 0.513 bits per heavy atom. The fourth-order valence-electron chi connectivity index (χ4n) is 5.36. The molecule has 0 aliphatic heterocycles. The second kappa shape index (κ2) is 11.1. The largest absolute Gasteiger partial charge is 0.356 e. The molecule has 0 saturated carbocycles. The quantitative estimate of drug-likeness (QED) is 0.203. The van der Waals surface area contributed by atoms with Crippen LogP contribution in [0.3, 0.4) is 0 Å². The SMILES string of the molecule is c1ccc(Nc2ccc(C(c3ccccc3)(c3ccccc3)c3ccc(Nc4ccccc4)cc3)cc2)cc1. The van der Waals surface area contributed by atoms with Crippen LogP contribution in [-0.2, 0) is 5.41 Å². The third kappa shape index (κ3) is 5.05. The average molecular weight is 503 g/mol. The summed E-state index contributed by atoms with van der Waals surface area (Å²) < 4.78 is 0. The van der Waals surface area contributed by atoms with Gasteiger partial charge in [0.2, 0.25) is 0 Å². The number of rotatable bonds is 8. The molecule has 0 atom stereocenters. The molecule has 0 amide bonds. The van der Waals surface area contributed by atoms with Crippen molar-refractivity contribution in [2.24, 2.45) is 0 Å². The lowest BCUT2D eigenvalue weighted by molar-refractivity contribution is 0.745. The molecule has 2 nitrogen and oxygen atoms in total. The fourth-order valence-corrected chi connectivity index (χ4v) is 5.36. The molecule has 0 saturated heterocycles. The van der Waals surface area contributed by atoms with Crippen molar-refractivity contribution in [3.05, 3.63) is 192 Å². The fraction of sp³-hybridized carbons (Fsp3) is 0.0270. The molecule has 0 unspecified atom stereocenters. The van der Waals surface area contributed by atoms with Crippen molar-refractivity contribution in [3.63, 3.8) is 0 Å². The molecule has 0 aliphatic rings. The summed E-state index contributed by atoms with van der Waals surface area (Å²) in [6.07, 6.45) is 0. The minimum absolute atomic E-state index is 0.487. The minimum Gasteiger partial charge on any atom is -0.356 e. The molecule has 39 heavy (non-hydrogen) atoms. The van der Waals surface area contributed by atoms with E-state index in [-0.39, 0.29) is 0 Å². The summed E-state index contributed by atoms with van der Waals surface area (Å²) in [6, 6.07) is 59.9. The van der Waals surface area contributed by atoms with Gasteiger partial charge in [-0.3, -0.25) is 0 Å². The molecule has 0 spiro atoms. The van der Waals surface area contributed by atoms with Crippen molar-refractivity contribution in [3.8, 4) is 0 Å². The second-order valence-electron chi connectivity index (χ2n) is 9.62. The molecule has 6 aromatic carbocycles. The van der Waals surface area contributed by atoms with Gasteiger partial charge >= 0.3 is 0 Å². The van der Waals surface area contributed by atoms with E-state index in [9.17, 15) is 0 Å². The van der Waals surface area contributed by atoms with Crippen LogP contribution in [-0.4, -0.2) is 0 Å². The number of anilines is 4. The molecule has 0 aromatic heterocycles. The molecule has 2 heteroatoms. The van der Waals surface area contributed by atoms with Gasteiger partial charge in [-0.25, -0.2) is 0 Å². The summed E-state index contributed by atoms with van der Waals surface area (Å²) in [6.45, 7) is 0. The van der Waals surface area contributed by atoms with Gasteiger partial charge in [0.1, 0.15) is 0 Å². The third-order valence-electron chi connectivity index (χ3n) is 7.17. The van der Waals surface area contributed by atoms with Crippen molar-refractivity contribution in [2.45, 2.75) is 5.41 Å². The summed E-state index contributed by atoms with van der Waals surface area (Å²) in [7, 11) is 0. The van der Waals surface area contributed by atoms with Crippen LogP contribution in [0.5, 0.6) is 0 Å². The predicted octanol–water partition coefficient (Wildman–Crippen LogP) is 9.56. The highest BCUT2D eigenvalue weighted by molar-refractivity contribution is 5.66. The lowest BCUT2D eigenvalue weighted by atomic mass is 9.65. The Bertz CT molecular complexity index is 1470. The molecule has 6 aromatic rings. The van der Waals surface area contributed by atoms with E-state index in [4.69, 9.17) is 0 Å². The van der Waals surface area contributed by atoms with Gasteiger partial charge < -0.3 is 10.6 Å². The Morgan fingerprint density at radius 3 is 0.846 bits per heavy atom. The maximum Gasteiger partial charge on any atom is 0.0701 e. The van der Waals surface area contributed by atoms with Gasteiger partial charge in [-0.2, -0.15) is 0 Å². The van der Waals surface area contributed by atoms with Gasteiger partial charge in [-0.05, 0) is 70.8 Å². The predicted molar refractivity (Wildman–Crippen MR) is 164 cm³/mol. The topological polar surface area (TPSA) is 24.1 Å². The Labute approximate surface area is 230 Å². The first-order chi connectivity index (χ1) is 19.3. The van der Waals surface area contributed by atoms with E-state index in [1.165, 1.54) is 22.3 Å². The van der Waals surface area contributed by atoms with E-state index in [0.29, 0.717) is 0 Å². The number of hydrogen-bond donors (Lipinski definition) is 2. The lowest BCUT2D eigenvalue weighted by Crippen LogP contribution is -2.31. The molecule has 0 fully saturated rings. The number of nitrogens with one attached hydrogen (secondary N) is 2. The Morgan fingerprint density at radius 1 is 0.256 bits per heavy atom. The Hall–Kier alpha value is -5.08. The normalized spacial score (nSPS) is 11.1. The zero-order valence-electron chi connectivity index (χ0n) is 21.7. The smallest absolute Gasteiger partial charge is 0.0701 e. The number of hydrogen-bond acceptors (Lipinski definition) is 2. The zero-order valence-corrected chi connectivity index (χ0v) is 21.7. The first-order valence-electron chi connectivity index (χ1n) is 13.3. The van der Waals surface area contributed by atoms with Crippen LogP contribution in [0.25, 0.3) is 0 Å². The van der Waals surface area contributed by atoms with Crippen LogP contribution in [0, 0.1) is 0 Å². The first kappa shape index (κ1) is 24.3. The summed E-state index contributed by atoms with van der Waals surface area (Å²) in [5, 5.41) is 7.05. The van der Waals surface area contributed by atoms with Crippen LogP contribution in [0.4, 0.5) is 22.7 Å². The van der Waals surface area contributed by atoms with Crippen LogP contribution < -0.4 is 10.6 Å². The average Bonchev–Trinajstić information content (AvgIpc) is 3.01. The minimum atomic E-state index is -0.487. The van der Waals surface area contributed by atoms with Gasteiger partial charge in [-0.15, -0.1) is 0 Å². The van der Waals surface area contributed by atoms with Crippen molar-refractivity contribution in [2.75, 3.05) is 10.6 Å². The lowest BCUT2D eigenvalue weighted by Gasteiger charge is -2.37. The zero-order chi connectivity index (χ0) is 26.3. The number of para-hydroxylation sites is 2. The van der Waals surface area contributed by atoms with Gasteiger partial charge in [0, 0.05) is 22.7 Å². The monoisotopic (exact) mass is 502 g/mol. The van der Waals surface area contributed by atoms with E-state index in [0.717, 1.165) is 22.7 Å². The molecular formula is C37H30N2. The first-order valence-corrected chi connectivity index (χ1v) is 13.3. The van der Waals surface area contributed by atoms with Crippen LogP contribution >= 0.6 is 0 Å². The summed E-state index contributed by atoms with van der Waals surface area (Å²) in [4.78, 5) is 0. The van der Waals surface area contributed by atoms with Crippen molar-refractivity contribution in [1.82, 2.24) is 0 Å². The maximum atomic E-state index is 3.52. The molecular weight excluding hydrogens is 472 g/mol. The number of benzene rings is 6. The van der Waals surface area contributed by atoms with Crippen LogP contribution in [0.2, 0.25) is 0 Å². The Balaban J connectivity index is 1.47. The molecule has 0 radical (unpaired) electrons. The summed E-state index contributed by atoms with van der Waals surface area (Å²) in [5.41, 5.74) is 8.65. The van der Waals surface area contributed by atoms with Crippen molar-refractivity contribution >= 4 is 22.7 Å². The maximum absolute atomic E-state index is 3.52. The Kier molecular flexibility index (Phi) is 6.92. The second-order valence-corrected chi connectivity index (χ2v) is 9.62. The van der Waals surface area contributed by atoms with E-state index in [1.807, 2.05) is 36.4 Å². The third-order valence-corrected chi connectivity index (χ3v) is 7.17. The van der Waals surface area contributed by atoms with E-state index < -0.39 is 5.41 Å². The standard InChI is InChI=1S/C37H30N2/c1-5-13-29(14-6-1)37(30-15-7-2-8-16-30,31-21-25-35(26-22-31)38-33-17-9-3-10-18-33)32-23-27-36(28-24-32)39-34-19-11-4-12-20-34/h1-28,38-39H. The van der Waals surface area contributed by atoms with E-state index in [1.54, 1.807) is 0 Å². The van der Waals surface area contributed by atoms with Gasteiger partial charge in [0.05, 0.1) is 5.41 Å². The molecule has 0 heterocycles. The highest BCUT2D eigenvalue weighted by atomic mass is 14.9. The highest BCUT2D eigenvalue weighted by Gasteiger charge is 2.38. The van der Waals surface area contributed by atoms with Gasteiger partial charge in [0.25, 0.3) is 0 Å². The molecule has 2 N–H and O–H groups in total. The highest BCUT2D eigenvalue weighted by Crippen LogP contribution is 2.45. The van der Waals surface area contributed by atoms with Crippen molar-refractivity contribution < 1.29 is 0 Å². The van der Waals surface area contributed by atoms with Crippen LogP contribution in [0.1, 0.15) is 22.3 Å². The molecule has 6 rings (SSSR count).